The van der Waals surface area contributed by atoms with Gasteiger partial charge in [0.2, 0.25) is 0 Å². The van der Waals surface area contributed by atoms with Gasteiger partial charge in [0.15, 0.2) is 0 Å². The van der Waals surface area contributed by atoms with Gasteiger partial charge in [-0.2, -0.15) is 5.26 Å². The van der Waals surface area contributed by atoms with Crippen LogP contribution in [-0.2, 0) is 11.3 Å². The SMILES string of the molecule is CC(C)(C)OC(=O)NCCN1CCN(Cc2c[nH]c3cc(C#N)ccc23)CC1. The molecule has 1 fully saturated rings. The molecule has 0 radical (unpaired) electrons. The van der Waals surface area contributed by atoms with Crippen molar-refractivity contribution in [1.82, 2.24) is 20.1 Å². The number of hydrogen-bond acceptors (Lipinski definition) is 5. The van der Waals surface area contributed by atoms with Crippen molar-refractivity contribution in [3.8, 4) is 6.07 Å². The highest BCUT2D eigenvalue weighted by Gasteiger charge is 2.19. The largest absolute Gasteiger partial charge is 0.444 e. The number of carbonyl (C=O) groups is 1. The van der Waals surface area contributed by atoms with Crippen LogP contribution in [-0.4, -0.2) is 65.7 Å². The van der Waals surface area contributed by atoms with E-state index in [0.29, 0.717) is 12.1 Å². The minimum Gasteiger partial charge on any atom is -0.444 e. The average Bonchev–Trinajstić information content (AvgIpc) is 3.03. The predicted octanol–water partition coefficient (Wildman–Crippen LogP) is 2.68. The first-order valence-electron chi connectivity index (χ1n) is 9.76. The van der Waals surface area contributed by atoms with Gasteiger partial charge in [0.05, 0.1) is 11.6 Å². The third-order valence-electron chi connectivity index (χ3n) is 4.85. The van der Waals surface area contributed by atoms with Crippen LogP contribution in [0.2, 0.25) is 0 Å². The van der Waals surface area contributed by atoms with Crippen LogP contribution in [0.3, 0.4) is 0 Å². The van der Waals surface area contributed by atoms with Crippen LogP contribution >= 0.6 is 0 Å². The molecule has 0 spiro atoms. The number of rotatable bonds is 5. The molecule has 2 heterocycles. The number of aromatic nitrogens is 1. The van der Waals surface area contributed by atoms with Crippen molar-refractivity contribution in [1.29, 1.82) is 5.26 Å². The van der Waals surface area contributed by atoms with Gasteiger partial charge >= 0.3 is 6.09 Å². The van der Waals surface area contributed by atoms with Crippen molar-refractivity contribution in [2.24, 2.45) is 0 Å². The number of aromatic amines is 1. The molecular weight excluding hydrogens is 354 g/mol. The average molecular weight is 383 g/mol. The first-order valence-corrected chi connectivity index (χ1v) is 9.76. The highest BCUT2D eigenvalue weighted by molar-refractivity contribution is 5.84. The smallest absolute Gasteiger partial charge is 0.407 e. The van der Waals surface area contributed by atoms with E-state index in [1.807, 2.05) is 45.2 Å². The Bertz CT molecular complexity index is 854. The van der Waals surface area contributed by atoms with Crippen LogP contribution in [0.15, 0.2) is 24.4 Å². The molecule has 0 unspecified atom stereocenters. The second kappa shape index (κ2) is 8.63. The third-order valence-corrected chi connectivity index (χ3v) is 4.85. The number of ether oxygens (including phenoxy) is 1. The van der Waals surface area contributed by atoms with E-state index in [1.54, 1.807) is 0 Å². The third kappa shape index (κ3) is 5.47. The first kappa shape index (κ1) is 20.2. The first-order chi connectivity index (χ1) is 13.3. The van der Waals surface area contributed by atoms with Gasteiger partial charge in [-0.1, -0.05) is 6.07 Å². The number of fused-ring (bicyclic) bond motifs is 1. The van der Waals surface area contributed by atoms with Crippen molar-refractivity contribution >= 4 is 17.0 Å². The number of nitrogens with one attached hydrogen (secondary N) is 2. The summed E-state index contributed by atoms with van der Waals surface area (Å²) < 4.78 is 5.26. The summed E-state index contributed by atoms with van der Waals surface area (Å²) in [5.41, 5.74) is 2.49. The fraction of sp³-hybridized carbons (Fsp3) is 0.524. The van der Waals surface area contributed by atoms with E-state index in [2.05, 4.69) is 26.2 Å². The lowest BCUT2D eigenvalue weighted by atomic mass is 10.1. The molecule has 7 nitrogen and oxygen atoms in total. The molecule has 3 rings (SSSR count). The number of carbonyl (C=O) groups excluding carboxylic acids is 1. The topological polar surface area (TPSA) is 84.4 Å². The van der Waals surface area contributed by atoms with E-state index in [1.165, 1.54) is 10.9 Å². The van der Waals surface area contributed by atoms with Gasteiger partial charge < -0.3 is 15.0 Å². The van der Waals surface area contributed by atoms with Gasteiger partial charge in [0.1, 0.15) is 5.60 Å². The molecule has 0 atom stereocenters. The maximum atomic E-state index is 11.7. The minimum atomic E-state index is -0.464. The fourth-order valence-electron chi connectivity index (χ4n) is 3.43. The zero-order valence-corrected chi connectivity index (χ0v) is 16.9. The molecule has 150 valence electrons. The lowest BCUT2D eigenvalue weighted by Crippen LogP contribution is -2.48. The van der Waals surface area contributed by atoms with Gasteiger partial charge in [-0.05, 0) is 38.5 Å². The molecule has 1 aliphatic rings. The van der Waals surface area contributed by atoms with Crippen LogP contribution in [0, 0.1) is 11.3 Å². The number of alkyl carbamates (subject to hydrolysis) is 1. The number of nitriles is 1. The van der Waals surface area contributed by atoms with Crippen LogP contribution in [0.4, 0.5) is 4.79 Å². The van der Waals surface area contributed by atoms with Crippen molar-refractivity contribution < 1.29 is 9.53 Å². The second-order valence-corrected chi connectivity index (χ2v) is 8.23. The van der Waals surface area contributed by atoms with Crippen LogP contribution in [0.25, 0.3) is 10.9 Å². The maximum Gasteiger partial charge on any atom is 0.407 e. The Morgan fingerprint density at radius 1 is 1.25 bits per heavy atom. The zero-order chi connectivity index (χ0) is 20.1. The number of hydrogen-bond donors (Lipinski definition) is 2. The summed E-state index contributed by atoms with van der Waals surface area (Å²) in [4.78, 5) is 19.8. The van der Waals surface area contributed by atoms with Gasteiger partial charge in [-0.25, -0.2) is 4.79 Å². The number of amides is 1. The van der Waals surface area contributed by atoms with E-state index in [9.17, 15) is 4.79 Å². The van der Waals surface area contributed by atoms with E-state index >= 15 is 0 Å². The van der Waals surface area contributed by atoms with Crippen molar-refractivity contribution in [2.75, 3.05) is 39.3 Å². The zero-order valence-electron chi connectivity index (χ0n) is 16.9. The molecule has 2 N–H and O–H groups in total. The number of benzene rings is 1. The van der Waals surface area contributed by atoms with Crippen LogP contribution in [0.1, 0.15) is 31.9 Å². The predicted molar refractivity (Wildman–Crippen MR) is 109 cm³/mol. The van der Waals surface area contributed by atoms with Crippen molar-refractivity contribution in [3.63, 3.8) is 0 Å². The maximum absolute atomic E-state index is 11.7. The highest BCUT2D eigenvalue weighted by atomic mass is 16.6. The molecule has 0 aliphatic carbocycles. The fourth-order valence-corrected chi connectivity index (χ4v) is 3.43. The Balaban J connectivity index is 1.42. The van der Waals surface area contributed by atoms with E-state index in [4.69, 9.17) is 10.00 Å². The molecule has 0 bridgehead atoms. The Hall–Kier alpha value is -2.56. The quantitative estimate of drug-likeness (QED) is 0.829. The lowest BCUT2D eigenvalue weighted by molar-refractivity contribution is 0.0515. The molecule has 1 aliphatic heterocycles. The van der Waals surface area contributed by atoms with Crippen molar-refractivity contribution in [2.45, 2.75) is 32.9 Å². The number of piperazine rings is 1. The summed E-state index contributed by atoms with van der Waals surface area (Å²) in [5.74, 6) is 0. The van der Waals surface area contributed by atoms with Crippen LogP contribution < -0.4 is 5.32 Å². The summed E-state index contributed by atoms with van der Waals surface area (Å²) in [6.45, 7) is 11.9. The summed E-state index contributed by atoms with van der Waals surface area (Å²) >= 11 is 0. The second-order valence-electron chi connectivity index (χ2n) is 8.23. The molecule has 1 aromatic carbocycles. The highest BCUT2D eigenvalue weighted by Crippen LogP contribution is 2.21. The monoisotopic (exact) mass is 383 g/mol. The lowest BCUT2D eigenvalue weighted by Gasteiger charge is -2.34. The molecule has 2 aromatic rings. The molecule has 1 amide bonds. The number of H-pyrrole nitrogens is 1. The minimum absolute atomic E-state index is 0.356. The van der Waals surface area contributed by atoms with E-state index in [-0.39, 0.29) is 6.09 Å². The van der Waals surface area contributed by atoms with Gasteiger partial charge in [0.25, 0.3) is 0 Å². The van der Waals surface area contributed by atoms with Crippen LogP contribution in [0.5, 0.6) is 0 Å². The Kier molecular flexibility index (Phi) is 6.22. The van der Waals surface area contributed by atoms with E-state index < -0.39 is 5.60 Å². The van der Waals surface area contributed by atoms with Gasteiger partial charge in [0, 0.05) is 62.9 Å². The molecular formula is C21H29N5O2. The normalized spacial score (nSPS) is 16.1. The number of nitrogens with zero attached hydrogens (tertiary/aromatic N) is 3. The Morgan fingerprint density at radius 2 is 1.96 bits per heavy atom. The molecule has 7 heteroatoms. The Labute approximate surface area is 166 Å². The molecule has 1 saturated heterocycles. The summed E-state index contributed by atoms with van der Waals surface area (Å²) in [6, 6.07) is 7.97. The molecule has 0 saturated carbocycles. The van der Waals surface area contributed by atoms with Crippen molar-refractivity contribution in [3.05, 3.63) is 35.5 Å². The standard InChI is InChI=1S/C21H29N5O2/c1-21(2,3)28-20(27)23-6-7-25-8-10-26(11-9-25)15-17-14-24-19-12-16(13-22)4-5-18(17)19/h4-5,12,14,24H,6-11,15H2,1-3H3,(H,23,27). The van der Waals surface area contributed by atoms with Gasteiger partial charge in [-0.3, -0.25) is 9.80 Å². The summed E-state index contributed by atoms with van der Waals surface area (Å²) in [7, 11) is 0. The van der Waals surface area contributed by atoms with E-state index in [0.717, 1.165) is 44.8 Å². The van der Waals surface area contributed by atoms with Gasteiger partial charge in [-0.15, -0.1) is 0 Å². The summed E-state index contributed by atoms with van der Waals surface area (Å²) in [5, 5.41) is 13.0. The summed E-state index contributed by atoms with van der Waals surface area (Å²) in [6.07, 6.45) is 1.69. The molecule has 28 heavy (non-hydrogen) atoms. The molecule has 1 aromatic heterocycles. The Morgan fingerprint density at radius 3 is 2.64 bits per heavy atom.